The first kappa shape index (κ1) is 17.5. The van der Waals surface area contributed by atoms with Crippen LogP contribution in [0.5, 0.6) is 11.5 Å². The Bertz CT molecular complexity index is 691. The van der Waals surface area contributed by atoms with Gasteiger partial charge >= 0.3 is 12.6 Å². The second-order valence-corrected chi connectivity index (χ2v) is 5.04. The second-order valence-electron chi connectivity index (χ2n) is 5.04. The molecule has 2 N–H and O–H groups in total. The molecular weight excluding hydrogens is 318 g/mol. The Morgan fingerprint density at radius 1 is 1.12 bits per heavy atom. The van der Waals surface area contributed by atoms with Crippen molar-refractivity contribution in [3.63, 3.8) is 0 Å². The lowest BCUT2D eigenvalue weighted by molar-refractivity contribution is -0.0511. The van der Waals surface area contributed by atoms with Gasteiger partial charge in [0.1, 0.15) is 0 Å². The molecule has 5 nitrogen and oxygen atoms in total. The zero-order valence-electron chi connectivity index (χ0n) is 13.3. The van der Waals surface area contributed by atoms with Crippen LogP contribution in [0.1, 0.15) is 11.1 Å². The number of nitrogens with one attached hydrogen (secondary N) is 2. The number of aryl methyl sites for hydroxylation is 1. The lowest BCUT2D eigenvalue weighted by atomic mass is 10.1. The molecule has 0 aromatic heterocycles. The normalized spacial score (nSPS) is 10.4. The van der Waals surface area contributed by atoms with E-state index in [1.807, 2.05) is 31.2 Å². The van der Waals surface area contributed by atoms with E-state index in [0.717, 1.165) is 11.1 Å². The van der Waals surface area contributed by atoms with Gasteiger partial charge < -0.3 is 20.1 Å². The molecule has 128 valence electrons. The van der Waals surface area contributed by atoms with Crippen LogP contribution in [-0.4, -0.2) is 19.8 Å². The second kappa shape index (κ2) is 8.14. The van der Waals surface area contributed by atoms with Gasteiger partial charge in [-0.2, -0.15) is 8.78 Å². The van der Waals surface area contributed by atoms with E-state index in [1.165, 1.54) is 25.3 Å². The molecule has 2 aromatic rings. The summed E-state index contributed by atoms with van der Waals surface area (Å²) in [6.45, 7) is -0.653. The Kier molecular flexibility index (Phi) is 5.95. The van der Waals surface area contributed by atoms with Gasteiger partial charge in [0, 0.05) is 18.3 Å². The maximum Gasteiger partial charge on any atom is 0.387 e. The number of carbonyl (C=O) groups excluding carboxylic acids is 1. The van der Waals surface area contributed by atoms with E-state index < -0.39 is 12.6 Å². The van der Waals surface area contributed by atoms with Crippen molar-refractivity contribution in [2.45, 2.75) is 20.1 Å². The predicted octanol–water partition coefficient (Wildman–Crippen LogP) is 3.93. The van der Waals surface area contributed by atoms with Crippen molar-refractivity contribution in [1.29, 1.82) is 0 Å². The van der Waals surface area contributed by atoms with E-state index in [-0.39, 0.29) is 11.5 Å². The zero-order chi connectivity index (χ0) is 17.5. The average Bonchev–Trinajstić information content (AvgIpc) is 2.54. The number of halogens is 2. The number of methoxy groups -OCH3 is 1. The van der Waals surface area contributed by atoms with E-state index in [2.05, 4.69) is 15.4 Å². The summed E-state index contributed by atoms with van der Waals surface area (Å²) >= 11 is 0. The van der Waals surface area contributed by atoms with Gasteiger partial charge in [-0.1, -0.05) is 29.8 Å². The average molecular weight is 336 g/mol. The number of hydrogen-bond acceptors (Lipinski definition) is 3. The SMILES string of the molecule is COc1ccc(NC(=O)NCc2ccc(C)cc2)cc1OC(F)F. The molecule has 0 aliphatic heterocycles. The van der Waals surface area contributed by atoms with Crippen molar-refractivity contribution < 1.29 is 23.0 Å². The monoisotopic (exact) mass is 336 g/mol. The molecule has 0 aliphatic rings. The molecule has 7 heteroatoms. The molecule has 0 bridgehead atoms. The Morgan fingerprint density at radius 3 is 2.46 bits per heavy atom. The number of ether oxygens (including phenoxy) is 2. The molecule has 2 aromatic carbocycles. The van der Waals surface area contributed by atoms with Gasteiger partial charge in [0.05, 0.1) is 7.11 Å². The molecule has 0 unspecified atom stereocenters. The number of alkyl halides is 2. The van der Waals surface area contributed by atoms with Crippen LogP contribution < -0.4 is 20.1 Å². The number of rotatable bonds is 6. The molecule has 0 aliphatic carbocycles. The van der Waals surface area contributed by atoms with E-state index in [4.69, 9.17) is 4.74 Å². The van der Waals surface area contributed by atoms with Crippen molar-refractivity contribution in [3.8, 4) is 11.5 Å². The molecule has 2 amide bonds. The summed E-state index contributed by atoms with van der Waals surface area (Å²) in [6.07, 6.45) is 0. The third kappa shape index (κ3) is 5.12. The van der Waals surface area contributed by atoms with Gasteiger partial charge in [-0.15, -0.1) is 0 Å². The lowest BCUT2D eigenvalue weighted by Gasteiger charge is -2.12. The third-order valence-corrected chi connectivity index (χ3v) is 3.21. The highest BCUT2D eigenvalue weighted by Gasteiger charge is 2.12. The number of urea groups is 1. The van der Waals surface area contributed by atoms with Crippen LogP contribution in [0.4, 0.5) is 19.3 Å². The maximum absolute atomic E-state index is 12.4. The van der Waals surface area contributed by atoms with Gasteiger partial charge in [-0.05, 0) is 24.6 Å². The van der Waals surface area contributed by atoms with Crippen LogP contribution in [0, 0.1) is 6.92 Å². The van der Waals surface area contributed by atoms with Crippen molar-refractivity contribution >= 4 is 11.7 Å². The smallest absolute Gasteiger partial charge is 0.387 e. The summed E-state index contributed by atoms with van der Waals surface area (Å²) < 4.78 is 34.1. The number of carbonyl (C=O) groups is 1. The Hall–Kier alpha value is -2.83. The standard InChI is InChI=1S/C17H18F2N2O3/c1-11-3-5-12(6-4-11)10-20-17(22)21-13-7-8-14(23-2)15(9-13)24-16(18)19/h3-9,16H,10H2,1-2H3,(H2,20,21,22). The van der Waals surface area contributed by atoms with Crippen LogP contribution >= 0.6 is 0 Å². The molecule has 24 heavy (non-hydrogen) atoms. The topological polar surface area (TPSA) is 59.6 Å². The Labute approximate surface area is 138 Å². The van der Waals surface area contributed by atoms with Gasteiger partial charge in [-0.3, -0.25) is 0 Å². The largest absolute Gasteiger partial charge is 0.493 e. The van der Waals surface area contributed by atoms with Gasteiger partial charge in [-0.25, -0.2) is 4.79 Å². The Balaban J connectivity index is 1.96. The molecule has 0 radical (unpaired) electrons. The van der Waals surface area contributed by atoms with Crippen LogP contribution in [-0.2, 0) is 6.54 Å². The van der Waals surface area contributed by atoms with Gasteiger partial charge in [0.2, 0.25) is 0 Å². The number of benzene rings is 2. The molecule has 0 saturated heterocycles. The van der Waals surface area contributed by atoms with Crippen LogP contribution in [0.2, 0.25) is 0 Å². The maximum atomic E-state index is 12.4. The fourth-order valence-corrected chi connectivity index (χ4v) is 2.01. The first-order valence-corrected chi connectivity index (χ1v) is 7.21. The molecule has 0 heterocycles. The van der Waals surface area contributed by atoms with Crippen LogP contribution in [0.25, 0.3) is 0 Å². The van der Waals surface area contributed by atoms with E-state index >= 15 is 0 Å². The van der Waals surface area contributed by atoms with Crippen molar-refractivity contribution in [1.82, 2.24) is 5.32 Å². The minimum atomic E-state index is -2.98. The van der Waals surface area contributed by atoms with Crippen molar-refractivity contribution in [2.75, 3.05) is 12.4 Å². The highest BCUT2D eigenvalue weighted by Crippen LogP contribution is 2.31. The highest BCUT2D eigenvalue weighted by atomic mass is 19.3. The van der Waals surface area contributed by atoms with Gasteiger partial charge in [0.15, 0.2) is 11.5 Å². The fraction of sp³-hybridized carbons (Fsp3) is 0.235. The molecule has 0 fully saturated rings. The summed E-state index contributed by atoms with van der Waals surface area (Å²) in [6, 6.07) is 11.5. The quantitative estimate of drug-likeness (QED) is 0.840. The van der Waals surface area contributed by atoms with E-state index in [1.54, 1.807) is 0 Å². The fourth-order valence-electron chi connectivity index (χ4n) is 2.01. The van der Waals surface area contributed by atoms with E-state index in [0.29, 0.717) is 12.2 Å². The predicted molar refractivity (Wildman–Crippen MR) is 86.7 cm³/mol. The number of amides is 2. The number of hydrogen-bond donors (Lipinski definition) is 2. The highest BCUT2D eigenvalue weighted by molar-refractivity contribution is 5.89. The number of anilines is 1. The lowest BCUT2D eigenvalue weighted by Crippen LogP contribution is -2.28. The Morgan fingerprint density at radius 2 is 1.83 bits per heavy atom. The summed E-state index contributed by atoms with van der Waals surface area (Å²) in [7, 11) is 1.34. The minimum absolute atomic E-state index is 0.149. The summed E-state index contributed by atoms with van der Waals surface area (Å²) in [4.78, 5) is 11.9. The molecule has 2 rings (SSSR count). The molecule has 0 saturated carbocycles. The third-order valence-electron chi connectivity index (χ3n) is 3.21. The van der Waals surface area contributed by atoms with E-state index in [9.17, 15) is 13.6 Å². The first-order valence-electron chi connectivity index (χ1n) is 7.21. The summed E-state index contributed by atoms with van der Waals surface area (Å²) in [5.74, 6) is 0.00440. The van der Waals surface area contributed by atoms with Crippen LogP contribution in [0.15, 0.2) is 42.5 Å². The molecule has 0 atom stereocenters. The summed E-state index contributed by atoms with van der Waals surface area (Å²) in [5.41, 5.74) is 2.40. The van der Waals surface area contributed by atoms with Crippen molar-refractivity contribution in [3.05, 3.63) is 53.6 Å². The van der Waals surface area contributed by atoms with Crippen LogP contribution in [0.3, 0.4) is 0 Å². The molecular formula is C17H18F2N2O3. The van der Waals surface area contributed by atoms with Crippen molar-refractivity contribution in [2.24, 2.45) is 0 Å². The zero-order valence-corrected chi connectivity index (χ0v) is 13.3. The minimum Gasteiger partial charge on any atom is -0.493 e. The summed E-state index contributed by atoms with van der Waals surface area (Å²) in [5, 5.41) is 5.24. The molecule has 0 spiro atoms. The van der Waals surface area contributed by atoms with Gasteiger partial charge in [0.25, 0.3) is 0 Å². The first-order chi connectivity index (χ1) is 11.5.